The fourth-order valence-corrected chi connectivity index (χ4v) is 3.16. The lowest BCUT2D eigenvalue weighted by Crippen LogP contribution is -2.34. The van der Waals surface area contributed by atoms with Gasteiger partial charge in [0, 0.05) is 19.1 Å². The molecular formula is C13H21N3O3S. The predicted molar refractivity (Wildman–Crippen MR) is 76.1 cm³/mol. The molecular weight excluding hydrogens is 278 g/mol. The quantitative estimate of drug-likeness (QED) is 0.741. The minimum absolute atomic E-state index is 0.0197. The Balaban J connectivity index is 2.07. The van der Waals surface area contributed by atoms with E-state index in [1.807, 2.05) is 6.92 Å². The summed E-state index contributed by atoms with van der Waals surface area (Å²) < 4.78 is 7.71. The molecule has 6 nitrogen and oxygen atoms in total. The van der Waals surface area contributed by atoms with Crippen LogP contribution in [0.15, 0.2) is 5.16 Å². The van der Waals surface area contributed by atoms with Gasteiger partial charge in [0.05, 0.1) is 11.9 Å². The van der Waals surface area contributed by atoms with Crippen molar-refractivity contribution in [3.05, 3.63) is 5.82 Å². The van der Waals surface area contributed by atoms with E-state index < -0.39 is 5.97 Å². The predicted octanol–water partition coefficient (Wildman–Crippen LogP) is 2.15. The summed E-state index contributed by atoms with van der Waals surface area (Å²) in [6.45, 7) is 4.84. The molecule has 1 saturated carbocycles. The van der Waals surface area contributed by atoms with E-state index in [2.05, 4.69) is 21.7 Å². The average Bonchev–Trinajstić information content (AvgIpc) is 2.74. The largest absolute Gasteiger partial charge is 0.481 e. The van der Waals surface area contributed by atoms with Gasteiger partial charge in [-0.25, -0.2) is 0 Å². The number of carbonyl (C=O) groups is 1. The highest BCUT2D eigenvalue weighted by atomic mass is 32.2. The molecule has 0 spiro atoms. The van der Waals surface area contributed by atoms with Gasteiger partial charge in [0.15, 0.2) is 5.16 Å². The topological polar surface area (TPSA) is 77.2 Å². The second-order valence-electron chi connectivity index (χ2n) is 4.90. The minimum atomic E-state index is -0.831. The molecule has 7 heteroatoms. The molecule has 0 saturated heterocycles. The monoisotopic (exact) mass is 299 g/mol. The minimum Gasteiger partial charge on any atom is -0.481 e. The van der Waals surface area contributed by atoms with Crippen LogP contribution in [0.2, 0.25) is 0 Å². The van der Waals surface area contributed by atoms with Gasteiger partial charge in [-0.15, -0.1) is 10.2 Å². The highest BCUT2D eigenvalue weighted by Crippen LogP contribution is 2.38. The van der Waals surface area contributed by atoms with Crippen LogP contribution in [-0.2, 0) is 16.0 Å². The van der Waals surface area contributed by atoms with E-state index in [0.29, 0.717) is 12.1 Å². The molecule has 0 amide bonds. The Morgan fingerprint density at radius 3 is 2.80 bits per heavy atom. The number of carboxylic acid groups (broad SMARTS) is 1. The van der Waals surface area contributed by atoms with Crippen molar-refractivity contribution in [1.82, 2.24) is 14.8 Å². The molecule has 20 heavy (non-hydrogen) atoms. The molecule has 1 heterocycles. The van der Waals surface area contributed by atoms with Crippen molar-refractivity contribution in [2.45, 2.75) is 56.8 Å². The molecule has 1 aromatic heterocycles. The van der Waals surface area contributed by atoms with Crippen LogP contribution in [0.4, 0.5) is 0 Å². The van der Waals surface area contributed by atoms with Crippen LogP contribution in [0, 0.1) is 0 Å². The summed E-state index contributed by atoms with van der Waals surface area (Å²) >= 11 is 1.24. The van der Waals surface area contributed by atoms with Gasteiger partial charge in [-0.3, -0.25) is 4.79 Å². The summed E-state index contributed by atoms with van der Waals surface area (Å²) in [4.78, 5) is 10.7. The molecule has 1 fully saturated rings. The third-order valence-electron chi connectivity index (χ3n) is 3.37. The normalized spacial score (nSPS) is 21.7. The molecule has 0 aromatic carbocycles. The SMILES string of the molecule is CCCc1nnc(SCC(=O)O)n1C1CC(OCC)C1. The first-order valence-electron chi connectivity index (χ1n) is 7.05. The Morgan fingerprint density at radius 1 is 1.45 bits per heavy atom. The van der Waals surface area contributed by atoms with Crippen LogP contribution in [0.25, 0.3) is 0 Å². The van der Waals surface area contributed by atoms with Gasteiger partial charge < -0.3 is 14.4 Å². The van der Waals surface area contributed by atoms with Crippen molar-refractivity contribution in [3.8, 4) is 0 Å². The van der Waals surface area contributed by atoms with Crippen LogP contribution in [0.5, 0.6) is 0 Å². The molecule has 2 rings (SSSR count). The highest BCUT2D eigenvalue weighted by Gasteiger charge is 2.34. The van der Waals surface area contributed by atoms with E-state index in [0.717, 1.165) is 43.3 Å². The standard InChI is InChI=1S/C13H21N3O3S/c1-3-5-11-14-15-13(20-8-12(17)18)16(11)9-6-10(7-9)19-4-2/h9-10H,3-8H2,1-2H3,(H,17,18). The summed E-state index contributed by atoms with van der Waals surface area (Å²) in [5.74, 6) is 0.147. The summed E-state index contributed by atoms with van der Waals surface area (Å²) in [6, 6.07) is 0.347. The average molecular weight is 299 g/mol. The Kier molecular flexibility index (Phi) is 5.42. The first-order chi connectivity index (χ1) is 9.65. The summed E-state index contributed by atoms with van der Waals surface area (Å²) in [7, 11) is 0. The molecule has 0 radical (unpaired) electrons. The second-order valence-corrected chi connectivity index (χ2v) is 5.85. The zero-order chi connectivity index (χ0) is 14.5. The number of thioether (sulfide) groups is 1. The van der Waals surface area contributed by atoms with Crippen molar-refractivity contribution < 1.29 is 14.6 Å². The number of aryl methyl sites for hydroxylation is 1. The second kappa shape index (κ2) is 7.08. The van der Waals surface area contributed by atoms with Crippen molar-refractivity contribution in [3.63, 3.8) is 0 Å². The number of ether oxygens (including phenoxy) is 1. The van der Waals surface area contributed by atoms with Crippen LogP contribution < -0.4 is 0 Å². The first kappa shape index (κ1) is 15.3. The summed E-state index contributed by atoms with van der Waals surface area (Å²) in [5.41, 5.74) is 0. The molecule has 0 aliphatic heterocycles. The lowest BCUT2D eigenvalue weighted by atomic mass is 9.89. The first-order valence-corrected chi connectivity index (χ1v) is 8.04. The Labute approximate surface area is 122 Å². The fourth-order valence-electron chi connectivity index (χ4n) is 2.41. The van der Waals surface area contributed by atoms with Gasteiger partial charge in [-0.05, 0) is 26.2 Å². The number of carboxylic acids is 1. The molecule has 1 aliphatic rings. The van der Waals surface area contributed by atoms with Crippen molar-refractivity contribution in [2.24, 2.45) is 0 Å². The van der Waals surface area contributed by atoms with Crippen LogP contribution in [0.3, 0.4) is 0 Å². The molecule has 1 aromatic rings. The smallest absolute Gasteiger partial charge is 0.313 e. The molecule has 0 bridgehead atoms. The van der Waals surface area contributed by atoms with Crippen molar-refractivity contribution >= 4 is 17.7 Å². The van der Waals surface area contributed by atoms with Crippen molar-refractivity contribution in [2.75, 3.05) is 12.4 Å². The Hall–Kier alpha value is -1.08. The summed E-state index contributed by atoms with van der Waals surface area (Å²) in [5, 5.41) is 17.9. The van der Waals surface area contributed by atoms with Crippen LogP contribution in [0.1, 0.15) is 45.0 Å². The van der Waals surface area contributed by atoms with Gasteiger partial charge in [0.1, 0.15) is 5.82 Å². The molecule has 1 aliphatic carbocycles. The molecule has 0 unspecified atom stereocenters. The van der Waals surface area contributed by atoms with Gasteiger partial charge in [0.25, 0.3) is 0 Å². The zero-order valence-corrected chi connectivity index (χ0v) is 12.7. The lowest BCUT2D eigenvalue weighted by Gasteiger charge is -2.36. The number of hydrogen-bond donors (Lipinski definition) is 1. The van der Waals surface area contributed by atoms with E-state index >= 15 is 0 Å². The lowest BCUT2D eigenvalue weighted by molar-refractivity contribution is -0.133. The molecule has 0 atom stereocenters. The maximum atomic E-state index is 10.7. The third-order valence-corrected chi connectivity index (χ3v) is 4.30. The maximum absolute atomic E-state index is 10.7. The van der Waals surface area contributed by atoms with Crippen molar-refractivity contribution in [1.29, 1.82) is 0 Å². The number of aliphatic carboxylic acids is 1. The van der Waals surface area contributed by atoms with Gasteiger partial charge in [-0.1, -0.05) is 18.7 Å². The molecule has 1 N–H and O–H groups in total. The fraction of sp³-hybridized carbons (Fsp3) is 0.769. The van der Waals surface area contributed by atoms with Gasteiger partial charge in [-0.2, -0.15) is 0 Å². The highest BCUT2D eigenvalue weighted by molar-refractivity contribution is 7.99. The van der Waals surface area contributed by atoms with Gasteiger partial charge >= 0.3 is 5.97 Å². The Morgan fingerprint density at radius 2 is 2.20 bits per heavy atom. The van der Waals surface area contributed by atoms with Gasteiger partial charge in [0.2, 0.25) is 0 Å². The maximum Gasteiger partial charge on any atom is 0.313 e. The number of nitrogens with zero attached hydrogens (tertiary/aromatic N) is 3. The van der Waals surface area contributed by atoms with E-state index in [9.17, 15) is 4.79 Å². The Bertz CT molecular complexity index is 458. The number of hydrogen-bond acceptors (Lipinski definition) is 5. The van der Waals surface area contributed by atoms with E-state index in [1.165, 1.54) is 11.8 Å². The molecule has 112 valence electrons. The summed E-state index contributed by atoms with van der Waals surface area (Å²) in [6.07, 6.45) is 4.12. The number of aromatic nitrogens is 3. The third kappa shape index (κ3) is 3.52. The van der Waals surface area contributed by atoms with E-state index in [1.54, 1.807) is 0 Å². The van der Waals surface area contributed by atoms with Crippen LogP contribution >= 0.6 is 11.8 Å². The van der Waals surface area contributed by atoms with E-state index in [4.69, 9.17) is 9.84 Å². The van der Waals surface area contributed by atoms with E-state index in [-0.39, 0.29) is 5.75 Å². The van der Waals surface area contributed by atoms with Crippen LogP contribution in [-0.4, -0.2) is 44.3 Å². The zero-order valence-electron chi connectivity index (χ0n) is 11.9. The number of rotatable bonds is 8.